The molecule has 0 bridgehead atoms. The Morgan fingerprint density at radius 2 is 1.86 bits per heavy atom. The first-order valence-corrected chi connectivity index (χ1v) is 8.86. The van der Waals surface area contributed by atoms with Gasteiger partial charge in [0.25, 0.3) is 0 Å². The second-order valence-electron chi connectivity index (χ2n) is 7.79. The van der Waals surface area contributed by atoms with Crippen LogP contribution in [0.15, 0.2) is 0 Å². The minimum atomic E-state index is 0.244. The van der Waals surface area contributed by atoms with Gasteiger partial charge in [0.05, 0.1) is 0 Å². The van der Waals surface area contributed by atoms with E-state index in [1.165, 1.54) is 25.7 Å². The van der Waals surface area contributed by atoms with Gasteiger partial charge in [0, 0.05) is 19.5 Å². The molecule has 1 heterocycles. The van der Waals surface area contributed by atoms with Crippen molar-refractivity contribution in [1.82, 2.24) is 4.90 Å². The number of amides is 1. The number of carbonyl (C=O) groups is 1. The highest BCUT2D eigenvalue weighted by atomic mass is 16.2. The summed E-state index contributed by atoms with van der Waals surface area (Å²) in [5, 5.41) is 0. The molecule has 1 rings (SSSR count). The average molecular weight is 296 g/mol. The highest BCUT2D eigenvalue weighted by Crippen LogP contribution is 2.32. The molecule has 124 valence electrons. The number of hydrogen-bond donors (Lipinski definition) is 1. The van der Waals surface area contributed by atoms with Crippen LogP contribution in [-0.4, -0.2) is 30.4 Å². The molecule has 0 saturated carbocycles. The molecule has 1 unspecified atom stereocenters. The molecule has 1 amide bonds. The Kier molecular flexibility index (Phi) is 7.72. The van der Waals surface area contributed by atoms with Gasteiger partial charge in [0.1, 0.15) is 0 Å². The van der Waals surface area contributed by atoms with Gasteiger partial charge in [-0.3, -0.25) is 4.79 Å². The molecule has 3 nitrogen and oxygen atoms in total. The monoisotopic (exact) mass is 296 g/mol. The van der Waals surface area contributed by atoms with Crippen LogP contribution in [0.4, 0.5) is 0 Å². The number of nitrogens with two attached hydrogens (primary N) is 1. The second kappa shape index (κ2) is 8.77. The molecule has 1 saturated heterocycles. The molecule has 21 heavy (non-hydrogen) atoms. The molecule has 1 aliphatic rings. The van der Waals surface area contributed by atoms with Crippen molar-refractivity contribution < 1.29 is 4.79 Å². The first-order chi connectivity index (χ1) is 9.88. The average Bonchev–Trinajstić information content (AvgIpc) is 2.43. The van der Waals surface area contributed by atoms with Gasteiger partial charge < -0.3 is 10.6 Å². The predicted molar refractivity (Wildman–Crippen MR) is 90.1 cm³/mol. The maximum absolute atomic E-state index is 12.4. The van der Waals surface area contributed by atoms with E-state index >= 15 is 0 Å². The van der Waals surface area contributed by atoms with E-state index in [1.54, 1.807) is 0 Å². The maximum Gasteiger partial charge on any atom is 0.222 e. The quantitative estimate of drug-likeness (QED) is 0.776. The Balaban J connectivity index is 2.36. The molecule has 1 aliphatic heterocycles. The van der Waals surface area contributed by atoms with Gasteiger partial charge in [-0.25, -0.2) is 0 Å². The number of carbonyl (C=O) groups excluding carboxylic acids is 1. The summed E-state index contributed by atoms with van der Waals surface area (Å²) < 4.78 is 0. The zero-order valence-corrected chi connectivity index (χ0v) is 14.7. The van der Waals surface area contributed by atoms with Gasteiger partial charge in [-0.1, -0.05) is 40.5 Å². The minimum Gasteiger partial charge on any atom is -0.343 e. The predicted octanol–water partition coefficient (Wildman–Crippen LogP) is 3.82. The third-order valence-electron chi connectivity index (χ3n) is 5.11. The molecule has 3 heteroatoms. The summed E-state index contributed by atoms with van der Waals surface area (Å²) in [6, 6.07) is 0. The number of piperidine rings is 1. The highest BCUT2D eigenvalue weighted by Gasteiger charge is 2.26. The first kappa shape index (κ1) is 18.5. The molecule has 0 aromatic rings. The van der Waals surface area contributed by atoms with Gasteiger partial charge in [0.2, 0.25) is 5.91 Å². The Morgan fingerprint density at radius 3 is 2.33 bits per heavy atom. The molecule has 0 aliphatic carbocycles. The Hall–Kier alpha value is -0.570. The lowest BCUT2D eigenvalue weighted by Gasteiger charge is -2.34. The fraction of sp³-hybridized carbons (Fsp3) is 0.944. The van der Waals surface area contributed by atoms with E-state index in [-0.39, 0.29) is 5.41 Å². The van der Waals surface area contributed by atoms with Crippen molar-refractivity contribution in [3.8, 4) is 0 Å². The molecule has 0 spiro atoms. The topological polar surface area (TPSA) is 46.3 Å². The van der Waals surface area contributed by atoms with E-state index in [4.69, 9.17) is 5.73 Å². The van der Waals surface area contributed by atoms with Crippen LogP contribution in [0.3, 0.4) is 0 Å². The highest BCUT2D eigenvalue weighted by molar-refractivity contribution is 5.76. The van der Waals surface area contributed by atoms with E-state index in [0.717, 1.165) is 38.4 Å². The molecule has 1 atom stereocenters. The molecular formula is C18H36N2O. The molecule has 0 aromatic heterocycles. The third-order valence-corrected chi connectivity index (χ3v) is 5.11. The van der Waals surface area contributed by atoms with Crippen molar-refractivity contribution in [3.05, 3.63) is 0 Å². The lowest BCUT2D eigenvalue weighted by molar-refractivity contribution is -0.133. The molecule has 0 radical (unpaired) electrons. The molecule has 0 aromatic carbocycles. The number of rotatable bonds is 7. The molecule has 1 fully saturated rings. The van der Waals surface area contributed by atoms with Gasteiger partial charge in [-0.05, 0) is 49.5 Å². The van der Waals surface area contributed by atoms with Crippen molar-refractivity contribution in [2.24, 2.45) is 23.0 Å². The minimum absolute atomic E-state index is 0.244. The van der Waals surface area contributed by atoms with E-state index < -0.39 is 0 Å². The largest absolute Gasteiger partial charge is 0.343 e. The van der Waals surface area contributed by atoms with Crippen molar-refractivity contribution in [1.29, 1.82) is 0 Å². The van der Waals surface area contributed by atoms with Gasteiger partial charge in [-0.15, -0.1) is 0 Å². The van der Waals surface area contributed by atoms with Crippen LogP contribution in [-0.2, 0) is 4.79 Å². The van der Waals surface area contributed by atoms with E-state index in [0.29, 0.717) is 18.2 Å². The van der Waals surface area contributed by atoms with Crippen LogP contribution in [0.5, 0.6) is 0 Å². The van der Waals surface area contributed by atoms with E-state index in [2.05, 4.69) is 32.6 Å². The summed E-state index contributed by atoms with van der Waals surface area (Å²) in [6.07, 6.45) is 7.69. The normalized spacial score (nSPS) is 18.8. The van der Waals surface area contributed by atoms with Crippen molar-refractivity contribution in [2.75, 3.05) is 19.6 Å². The van der Waals surface area contributed by atoms with E-state index in [1.807, 2.05) is 0 Å². The van der Waals surface area contributed by atoms with Crippen LogP contribution in [0.2, 0.25) is 0 Å². The Bertz CT molecular complexity index is 301. The Morgan fingerprint density at radius 1 is 1.24 bits per heavy atom. The van der Waals surface area contributed by atoms with E-state index in [9.17, 15) is 4.79 Å². The SMILES string of the molecule is CCCC1CCN(C(=O)CCC(CCN)C(C)(C)C)CC1. The number of nitrogens with zero attached hydrogens (tertiary/aromatic N) is 1. The summed E-state index contributed by atoms with van der Waals surface area (Å²) in [7, 11) is 0. The van der Waals surface area contributed by atoms with Crippen molar-refractivity contribution in [2.45, 2.75) is 72.6 Å². The first-order valence-electron chi connectivity index (χ1n) is 8.86. The summed E-state index contributed by atoms with van der Waals surface area (Å²) >= 11 is 0. The van der Waals surface area contributed by atoms with Crippen LogP contribution in [0, 0.1) is 17.3 Å². The zero-order valence-electron chi connectivity index (χ0n) is 14.7. The summed E-state index contributed by atoms with van der Waals surface area (Å²) in [6.45, 7) is 11.7. The lowest BCUT2D eigenvalue weighted by atomic mass is 9.76. The van der Waals surface area contributed by atoms with Crippen LogP contribution in [0.25, 0.3) is 0 Å². The lowest BCUT2D eigenvalue weighted by Crippen LogP contribution is -2.38. The summed E-state index contributed by atoms with van der Waals surface area (Å²) in [5.41, 5.74) is 5.97. The summed E-state index contributed by atoms with van der Waals surface area (Å²) in [4.78, 5) is 14.5. The van der Waals surface area contributed by atoms with Crippen molar-refractivity contribution >= 4 is 5.91 Å². The van der Waals surface area contributed by atoms with Crippen LogP contribution < -0.4 is 5.73 Å². The fourth-order valence-corrected chi connectivity index (χ4v) is 3.55. The Labute approximate surface area is 131 Å². The van der Waals surface area contributed by atoms with Crippen LogP contribution >= 0.6 is 0 Å². The third kappa shape index (κ3) is 6.37. The van der Waals surface area contributed by atoms with Gasteiger partial charge in [-0.2, -0.15) is 0 Å². The fourth-order valence-electron chi connectivity index (χ4n) is 3.55. The standard InChI is InChI=1S/C18H36N2O/c1-5-6-15-10-13-20(14-11-15)17(21)8-7-16(9-12-19)18(2,3)4/h15-16H,5-14,19H2,1-4H3. The van der Waals surface area contributed by atoms with Crippen molar-refractivity contribution in [3.63, 3.8) is 0 Å². The molecule has 2 N–H and O–H groups in total. The van der Waals surface area contributed by atoms with Gasteiger partial charge in [0.15, 0.2) is 0 Å². The number of likely N-dealkylation sites (tertiary alicyclic amines) is 1. The molecular weight excluding hydrogens is 260 g/mol. The second-order valence-corrected chi connectivity index (χ2v) is 7.79. The smallest absolute Gasteiger partial charge is 0.222 e. The summed E-state index contributed by atoms with van der Waals surface area (Å²) in [5.74, 6) is 1.75. The number of hydrogen-bond acceptors (Lipinski definition) is 2. The maximum atomic E-state index is 12.4. The zero-order chi connectivity index (χ0) is 15.9. The van der Waals surface area contributed by atoms with Gasteiger partial charge >= 0.3 is 0 Å². The van der Waals surface area contributed by atoms with Crippen LogP contribution in [0.1, 0.15) is 72.6 Å².